The highest BCUT2D eigenvalue weighted by Crippen LogP contribution is 2.30. The van der Waals surface area contributed by atoms with Crippen LogP contribution in [-0.2, 0) is 9.84 Å². The van der Waals surface area contributed by atoms with Gasteiger partial charge in [0.2, 0.25) is 0 Å². The number of aryl methyl sites for hydroxylation is 1. The maximum absolute atomic E-state index is 13.6. The van der Waals surface area contributed by atoms with Gasteiger partial charge in [0.15, 0.2) is 9.84 Å². The van der Waals surface area contributed by atoms with Crippen LogP contribution in [0, 0.1) is 22.9 Å². The van der Waals surface area contributed by atoms with E-state index >= 15 is 0 Å². The number of furan rings is 1. The topological polar surface area (TPSA) is 120 Å². The zero-order valence-electron chi connectivity index (χ0n) is 16.0. The van der Waals surface area contributed by atoms with Crippen LogP contribution in [-0.4, -0.2) is 25.8 Å². The number of carbonyl (C=O) groups excluding carboxylic acids is 1. The van der Waals surface area contributed by atoms with Crippen LogP contribution in [0.5, 0.6) is 0 Å². The number of halogens is 2. The Balaban J connectivity index is 1.91. The molecule has 1 heterocycles. The number of sulfone groups is 1. The molecule has 11 heteroatoms. The second-order valence-electron chi connectivity index (χ2n) is 6.59. The van der Waals surface area contributed by atoms with E-state index in [0.29, 0.717) is 0 Å². The molecule has 0 aliphatic rings. The second-order valence-corrected chi connectivity index (χ2v) is 9.13. The van der Waals surface area contributed by atoms with Gasteiger partial charge in [0, 0.05) is 18.7 Å². The van der Waals surface area contributed by atoms with Gasteiger partial charge < -0.3 is 9.73 Å². The monoisotopic (exact) mass is 466 g/mol. The number of carbonyl (C=O) groups is 1. The van der Waals surface area contributed by atoms with Crippen LogP contribution in [0.15, 0.2) is 64.1 Å². The van der Waals surface area contributed by atoms with Crippen molar-refractivity contribution in [1.29, 1.82) is 0 Å². The maximum Gasteiger partial charge on any atom is 0.270 e. The first-order chi connectivity index (χ1) is 14.6. The third-order valence-electron chi connectivity index (χ3n) is 4.55. The molecule has 1 atom stereocenters. The van der Waals surface area contributed by atoms with Crippen LogP contribution in [0.1, 0.15) is 26.9 Å². The molecule has 0 unspecified atom stereocenters. The molecule has 0 spiro atoms. The minimum Gasteiger partial charge on any atom is -0.468 e. The van der Waals surface area contributed by atoms with Crippen molar-refractivity contribution < 1.29 is 26.9 Å². The number of hydrogen-bond donors (Lipinski definition) is 1. The highest BCUT2D eigenvalue weighted by molar-refractivity contribution is 7.91. The lowest BCUT2D eigenvalue weighted by molar-refractivity contribution is -0.384. The van der Waals surface area contributed by atoms with E-state index in [0.717, 1.165) is 24.3 Å². The van der Waals surface area contributed by atoms with Gasteiger partial charge in [-0.3, -0.25) is 14.9 Å². The minimum absolute atomic E-state index is 0.0327. The maximum atomic E-state index is 13.6. The van der Waals surface area contributed by atoms with E-state index in [1.165, 1.54) is 37.5 Å². The molecule has 1 amide bonds. The van der Waals surface area contributed by atoms with Gasteiger partial charge in [-0.2, -0.15) is 0 Å². The zero-order chi connectivity index (χ0) is 22.8. The molecule has 0 radical (unpaired) electrons. The van der Waals surface area contributed by atoms with Gasteiger partial charge in [0.05, 0.1) is 26.7 Å². The average Bonchev–Trinajstić information content (AvgIpc) is 3.24. The Bertz CT molecular complexity index is 1240. The fraction of sp³-hybridized carbons (Fsp3) is 0.150. The molecule has 0 aliphatic carbocycles. The van der Waals surface area contributed by atoms with Gasteiger partial charge >= 0.3 is 0 Å². The molecule has 0 fully saturated rings. The summed E-state index contributed by atoms with van der Waals surface area (Å²) < 4.78 is 45.3. The van der Waals surface area contributed by atoms with Crippen molar-refractivity contribution in [3.63, 3.8) is 0 Å². The molecular weight excluding hydrogens is 451 g/mol. The lowest BCUT2D eigenvalue weighted by Gasteiger charge is -2.17. The van der Waals surface area contributed by atoms with E-state index < -0.39 is 38.3 Å². The number of nitrogens with zero attached hydrogens (tertiary/aromatic N) is 1. The van der Waals surface area contributed by atoms with Crippen molar-refractivity contribution in [1.82, 2.24) is 5.32 Å². The predicted octanol–water partition coefficient (Wildman–Crippen LogP) is 4.23. The van der Waals surface area contributed by atoms with Crippen LogP contribution < -0.4 is 5.32 Å². The van der Waals surface area contributed by atoms with Crippen molar-refractivity contribution in [3.05, 3.63) is 92.6 Å². The number of amides is 1. The molecule has 31 heavy (non-hydrogen) atoms. The van der Waals surface area contributed by atoms with E-state index in [1.807, 2.05) is 0 Å². The van der Waals surface area contributed by atoms with Crippen LogP contribution in [0.3, 0.4) is 0 Å². The van der Waals surface area contributed by atoms with Crippen LogP contribution in [0.4, 0.5) is 10.1 Å². The Labute approximate surface area is 181 Å². The van der Waals surface area contributed by atoms with E-state index in [-0.39, 0.29) is 32.5 Å². The molecule has 3 aromatic rings. The smallest absolute Gasteiger partial charge is 0.270 e. The second kappa shape index (κ2) is 8.86. The molecule has 0 saturated heterocycles. The third kappa shape index (κ3) is 4.75. The summed E-state index contributed by atoms with van der Waals surface area (Å²) in [4.78, 5) is 22.7. The fourth-order valence-corrected chi connectivity index (χ4v) is 4.75. The largest absolute Gasteiger partial charge is 0.468 e. The summed E-state index contributed by atoms with van der Waals surface area (Å²) in [5, 5.41) is 12.0. The summed E-state index contributed by atoms with van der Waals surface area (Å²) in [5.74, 6) is -1.29. The zero-order valence-corrected chi connectivity index (χ0v) is 17.6. The number of benzene rings is 2. The van der Waals surface area contributed by atoms with Gasteiger partial charge in [-0.25, -0.2) is 12.8 Å². The van der Waals surface area contributed by atoms with E-state index in [1.54, 1.807) is 0 Å². The highest BCUT2D eigenvalue weighted by Gasteiger charge is 2.32. The molecule has 1 N–H and O–H groups in total. The van der Waals surface area contributed by atoms with Crippen LogP contribution in [0.25, 0.3) is 0 Å². The third-order valence-corrected chi connectivity index (χ3v) is 6.94. The normalized spacial score (nSPS) is 12.4. The Morgan fingerprint density at radius 1 is 1.26 bits per heavy atom. The van der Waals surface area contributed by atoms with Crippen molar-refractivity contribution in [2.24, 2.45) is 0 Å². The molecule has 8 nitrogen and oxygen atoms in total. The van der Waals surface area contributed by atoms with Gasteiger partial charge in [-0.15, -0.1) is 0 Å². The summed E-state index contributed by atoms with van der Waals surface area (Å²) in [7, 11) is -4.09. The van der Waals surface area contributed by atoms with Gasteiger partial charge in [-0.1, -0.05) is 11.6 Å². The standard InChI is InChI=1S/C20H16ClFN2O6S/c1-12-9-14(5-7-17(12)22)31(28,29)19(18-3-2-8-30-18)11-23-20(25)15-10-13(24(26)27)4-6-16(15)21/h2-10,19H,11H2,1H3,(H,23,25)/t19-/m1/s1. The van der Waals surface area contributed by atoms with Gasteiger partial charge in [0.25, 0.3) is 11.6 Å². The molecular formula is C20H16ClFN2O6S. The Hall–Kier alpha value is -3.24. The van der Waals surface area contributed by atoms with Gasteiger partial charge in [0.1, 0.15) is 16.8 Å². The average molecular weight is 467 g/mol. The molecule has 0 saturated carbocycles. The lowest BCUT2D eigenvalue weighted by Crippen LogP contribution is -2.32. The van der Waals surface area contributed by atoms with E-state index in [4.69, 9.17) is 16.0 Å². The molecule has 0 aliphatic heterocycles. The Kier molecular flexibility index (Phi) is 6.42. The number of non-ortho nitro benzene ring substituents is 1. The summed E-state index contributed by atoms with van der Waals surface area (Å²) >= 11 is 5.97. The quantitative estimate of drug-likeness (QED) is 0.316. The van der Waals surface area contributed by atoms with Crippen molar-refractivity contribution in [3.8, 4) is 0 Å². The molecule has 2 aromatic carbocycles. The van der Waals surface area contributed by atoms with Crippen molar-refractivity contribution in [2.45, 2.75) is 17.1 Å². The number of rotatable bonds is 7. The molecule has 1 aromatic heterocycles. The predicted molar refractivity (Wildman–Crippen MR) is 110 cm³/mol. The first-order valence-corrected chi connectivity index (χ1v) is 10.8. The Morgan fingerprint density at radius 2 is 2.00 bits per heavy atom. The fourth-order valence-electron chi connectivity index (χ4n) is 2.88. The Morgan fingerprint density at radius 3 is 2.61 bits per heavy atom. The van der Waals surface area contributed by atoms with E-state index in [9.17, 15) is 27.7 Å². The summed E-state index contributed by atoms with van der Waals surface area (Å²) in [6, 6.07) is 9.65. The van der Waals surface area contributed by atoms with Gasteiger partial charge in [-0.05, 0) is 48.9 Å². The number of hydrogen-bond acceptors (Lipinski definition) is 6. The molecule has 0 bridgehead atoms. The number of nitro groups is 1. The molecule has 162 valence electrons. The van der Waals surface area contributed by atoms with Crippen molar-refractivity contribution >= 4 is 33.0 Å². The molecule has 3 rings (SSSR count). The summed E-state index contributed by atoms with van der Waals surface area (Å²) in [6.45, 7) is 1.02. The lowest BCUT2D eigenvalue weighted by atomic mass is 10.2. The first kappa shape index (κ1) is 22.4. The van der Waals surface area contributed by atoms with E-state index in [2.05, 4.69) is 5.32 Å². The summed E-state index contributed by atoms with van der Waals surface area (Å²) in [6.07, 6.45) is 1.28. The highest BCUT2D eigenvalue weighted by atomic mass is 35.5. The summed E-state index contributed by atoms with van der Waals surface area (Å²) in [5.41, 5.74) is -0.373. The minimum atomic E-state index is -4.09. The SMILES string of the molecule is Cc1cc(S(=O)(=O)[C@H](CNC(=O)c2cc([N+](=O)[O-])ccc2Cl)c2ccco2)ccc1F. The van der Waals surface area contributed by atoms with Crippen LogP contribution >= 0.6 is 11.6 Å². The van der Waals surface area contributed by atoms with Crippen molar-refractivity contribution in [2.75, 3.05) is 6.54 Å². The number of nitrogens with one attached hydrogen (secondary N) is 1. The first-order valence-electron chi connectivity index (χ1n) is 8.87. The number of nitro benzene ring substituents is 1. The van der Waals surface area contributed by atoms with Crippen LogP contribution in [0.2, 0.25) is 5.02 Å².